The predicted octanol–water partition coefficient (Wildman–Crippen LogP) is 18.2. The van der Waals surface area contributed by atoms with Gasteiger partial charge in [0.1, 0.15) is 0 Å². The topological polar surface area (TPSA) is 309 Å². The number of hydrogen-bond acceptors (Lipinski definition) is 24. The molecule has 0 amide bonds. The van der Waals surface area contributed by atoms with Gasteiger partial charge in [0, 0.05) is 0 Å². The van der Waals surface area contributed by atoms with Crippen molar-refractivity contribution in [3.05, 3.63) is 138 Å². The SMILES string of the molecule is O=C(ON=C1CCCCC1)c1cc(C(=O)ON=C2CCCCC2)c2cc1Cc1cc(c(C(=O)ON=C3CCCCC3)cc1C(=O)ON=C1CCCCC1)Cc1cc(c(C(=O)ON=C3CCCCC3)cc1C(=O)ON=C1CCCCC1)Cc1cc(c(C(=O)ON=C3CCCCC3)cc1C(=O)ON=C1CCCCC1)C2. The van der Waals surface area contributed by atoms with Crippen LogP contribution in [0.3, 0.4) is 0 Å². The van der Waals surface area contributed by atoms with Crippen molar-refractivity contribution in [1.29, 1.82) is 0 Å². The van der Waals surface area contributed by atoms with E-state index in [1.807, 2.05) is 0 Å². The minimum atomic E-state index is -0.962. The van der Waals surface area contributed by atoms with Crippen LogP contribution in [0.1, 0.15) is 384 Å². The highest BCUT2D eigenvalue weighted by molar-refractivity contribution is 6.04. The lowest BCUT2D eigenvalue weighted by atomic mass is 9.84. The summed E-state index contributed by atoms with van der Waals surface area (Å²) < 4.78 is 0. The molecule has 0 atom stereocenters. The highest BCUT2D eigenvalue weighted by Gasteiger charge is 2.33. The van der Waals surface area contributed by atoms with Crippen molar-refractivity contribution in [3.8, 4) is 0 Å². The minimum Gasteiger partial charge on any atom is -0.313 e. The van der Waals surface area contributed by atoms with E-state index in [-0.39, 0.29) is 115 Å². The molecule has 9 aliphatic carbocycles. The number of hydrogen-bond donors (Lipinski definition) is 0. The number of nitrogens with zero attached hydrogens (tertiary/aromatic N) is 8. The van der Waals surface area contributed by atoms with Gasteiger partial charge in [0.2, 0.25) is 0 Å². The van der Waals surface area contributed by atoms with E-state index in [1.165, 1.54) is 24.3 Å². The average molecular weight is 1470 g/mol. The fourth-order valence-electron chi connectivity index (χ4n) is 15.9. The monoisotopic (exact) mass is 1470 g/mol. The molecule has 4 aromatic carbocycles. The van der Waals surface area contributed by atoms with Gasteiger partial charge in [-0.1, -0.05) is 117 Å². The maximum atomic E-state index is 15.3. The highest BCUT2D eigenvalue weighted by atomic mass is 16.7. The first-order valence-corrected chi connectivity index (χ1v) is 39.6. The van der Waals surface area contributed by atoms with Gasteiger partial charge in [0.15, 0.2) is 0 Å². The molecule has 0 saturated heterocycles. The van der Waals surface area contributed by atoms with Gasteiger partial charge in [0.05, 0.1) is 90.2 Å². The third-order valence-corrected chi connectivity index (χ3v) is 22.1. The van der Waals surface area contributed by atoms with E-state index in [2.05, 4.69) is 41.2 Å². The molecule has 0 aromatic heterocycles. The third kappa shape index (κ3) is 20.4. The van der Waals surface area contributed by atoms with Gasteiger partial charge < -0.3 is 38.7 Å². The average Bonchev–Trinajstić information content (AvgIpc) is 0.757. The molecule has 24 nitrogen and oxygen atoms in total. The predicted molar refractivity (Wildman–Crippen MR) is 404 cm³/mol. The van der Waals surface area contributed by atoms with Crippen molar-refractivity contribution >= 4 is 93.4 Å². The molecule has 24 heteroatoms. The van der Waals surface area contributed by atoms with Crippen LogP contribution in [0.2, 0.25) is 0 Å². The van der Waals surface area contributed by atoms with Crippen LogP contribution in [-0.2, 0) is 64.4 Å². The van der Waals surface area contributed by atoms with Gasteiger partial charge in [-0.25, -0.2) is 38.4 Å². The Labute approximate surface area is 628 Å². The molecular formula is C84H96N8O16. The van der Waals surface area contributed by atoms with Crippen LogP contribution in [-0.4, -0.2) is 93.4 Å². The molecule has 0 aliphatic heterocycles. The maximum absolute atomic E-state index is 15.3. The van der Waals surface area contributed by atoms with Crippen molar-refractivity contribution in [2.45, 2.75) is 283 Å². The Morgan fingerprint density at radius 2 is 0.278 bits per heavy atom. The number of carbonyl (C=O) groups is 8. The molecule has 0 unspecified atom stereocenters. The molecule has 8 saturated carbocycles. The molecule has 108 heavy (non-hydrogen) atoms. The van der Waals surface area contributed by atoms with Crippen molar-refractivity contribution in [3.63, 3.8) is 0 Å². The van der Waals surface area contributed by atoms with Crippen molar-refractivity contribution in [2.24, 2.45) is 41.2 Å². The largest absolute Gasteiger partial charge is 0.366 e. The van der Waals surface area contributed by atoms with Gasteiger partial charge >= 0.3 is 47.8 Å². The van der Waals surface area contributed by atoms with Gasteiger partial charge in [-0.05, 0) is 300 Å². The summed E-state index contributed by atoms with van der Waals surface area (Å²) in [6.07, 6.45) is 29.4. The summed E-state index contributed by atoms with van der Waals surface area (Å²) in [5.41, 5.74) is 5.39. The van der Waals surface area contributed by atoms with Gasteiger partial charge in [-0.3, -0.25) is 0 Å². The quantitative estimate of drug-likeness (QED) is 0.0654. The van der Waals surface area contributed by atoms with Crippen LogP contribution in [0.25, 0.3) is 0 Å². The van der Waals surface area contributed by atoms with Gasteiger partial charge in [-0.15, -0.1) is 0 Å². The smallest absolute Gasteiger partial charge is 0.313 e. The lowest BCUT2D eigenvalue weighted by Crippen LogP contribution is -2.19. The van der Waals surface area contributed by atoms with E-state index in [0.717, 1.165) is 154 Å². The second kappa shape index (κ2) is 37.7. The van der Waals surface area contributed by atoms with Crippen LogP contribution >= 0.6 is 0 Å². The second-order valence-corrected chi connectivity index (χ2v) is 30.1. The molecule has 13 rings (SSSR count). The molecular weight excluding hydrogens is 1380 g/mol. The Bertz CT molecular complexity index is 3540. The highest BCUT2D eigenvalue weighted by Crippen LogP contribution is 2.36. The zero-order valence-electron chi connectivity index (χ0n) is 61.8. The Balaban J connectivity index is 1.08. The zero-order valence-corrected chi connectivity index (χ0v) is 61.8. The fraction of sp³-hybridized carbons (Fsp3) is 0.524. The van der Waals surface area contributed by atoms with E-state index >= 15 is 38.4 Å². The van der Waals surface area contributed by atoms with Crippen molar-refractivity contribution < 1.29 is 77.1 Å². The summed E-state index contributed by atoms with van der Waals surface area (Å²) in [6, 6.07) is 11.7. The Hall–Kier alpha value is -10.0. The Morgan fingerprint density at radius 1 is 0.167 bits per heavy atom. The molecule has 9 aliphatic rings. The molecule has 568 valence electrons. The van der Waals surface area contributed by atoms with Crippen LogP contribution < -0.4 is 0 Å². The third-order valence-electron chi connectivity index (χ3n) is 22.1. The van der Waals surface area contributed by atoms with Crippen molar-refractivity contribution in [2.75, 3.05) is 0 Å². The minimum absolute atomic E-state index is 0.168. The number of oxime groups is 8. The van der Waals surface area contributed by atoms with E-state index in [0.29, 0.717) is 148 Å². The van der Waals surface area contributed by atoms with E-state index < -0.39 is 47.8 Å². The fourth-order valence-corrected chi connectivity index (χ4v) is 15.9. The van der Waals surface area contributed by atoms with Gasteiger partial charge in [-0.2, -0.15) is 0 Å². The summed E-state index contributed by atoms with van der Waals surface area (Å²) in [4.78, 5) is 169. The molecule has 4 aromatic rings. The lowest BCUT2D eigenvalue weighted by Gasteiger charge is -2.21. The maximum Gasteiger partial charge on any atom is 0.366 e. The van der Waals surface area contributed by atoms with Gasteiger partial charge in [0.25, 0.3) is 0 Å². The molecule has 8 fully saturated rings. The van der Waals surface area contributed by atoms with Crippen LogP contribution in [0.4, 0.5) is 0 Å². The zero-order chi connectivity index (χ0) is 74.6. The number of fused-ring (bicyclic) bond motifs is 8. The van der Waals surface area contributed by atoms with Crippen LogP contribution in [0, 0.1) is 0 Å². The number of benzene rings is 4. The first-order valence-electron chi connectivity index (χ1n) is 39.6. The molecule has 0 heterocycles. The van der Waals surface area contributed by atoms with Crippen molar-refractivity contribution in [1.82, 2.24) is 0 Å². The number of carbonyl (C=O) groups excluding carboxylic acids is 8. The second-order valence-electron chi connectivity index (χ2n) is 30.1. The molecule has 8 bridgehead atoms. The molecule has 0 radical (unpaired) electrons. The Morgan fingerprint density at radius 3 is 0.389 bits per heavy atom. The van der Waals surface area contributed by atoms with E-state index in [1.54, 1.807) is 24.3 Å². The van der Waals surface area contributed by atoms with Crippen LogP contribution in [0.15, 0.2) is 89.8 Å². The summed E-state index contributed by atoms with van der Waals surface area (Å²) >= 11 is 0. The first-order chi connectivity index (χ1) is 52.8. The number of rotatable bonds is 16. The first kappa shape index (κ1) is 76.2. The lowest BCUT2D eigenvalue weighted by molar-refractivity contribution is 0.0492. The Kier molecular flexibility index (Phi) is 26.6. The normalized spacial score (nSPS) is 18.4. The summed E-state index contributed by atoms with van der Waals surface area (Å²) in [5.74, 6) is -7.70. The molecule has 0 N–H and O–H groups in total. The molecule has 0 spiro atoms. The van der Waals surface area contributed by atoms with E-state index in [4.69, 9.17) is 38.7 Å². The summed E-state index contributed by atoms with van der Waals surface area (Å²) in [7, 11) is 0. The standard InChI is InChI=1S/C84H96N8O16/c93-77(101-85-61-25-9-1-10-26-61)69-49-70(78(94)102-86-62-27-11-2-12-28-62)54-41-53(69)45-55-42-56(72(80(96)104-88-64-31-15-4-16-32-64)50-71(55)79(95)103-87-63-29-13-3-14-30-63)47-59-44-60(76(84(100)108-92-68-39-23-8-24-40-68)52-75(59)83(99)107-91-67-37-21-7-22-38-67)48-58-43-57(46-54)73(81(97)105-89-65-33-17-5-18-34-65)51-74(58)82(98)106-90-66-35-19-6-20-36-66/h41-44,49-52H,1-40,45-48H2. The van der Waals surface area contributed by atoms with Crippen LogP contribution in [0.5, 0.6) is 0 Å². The summed E-state index contributed by atoms with van der Waals surface area (Å²) in [6.45, 7) is 0. The van der Waals surface area contributed by atoms with E-state index in [9.17, 15) is 0 Å². The summed E-state index contributed by atoms with van der Waals surface area (Å²) in [5, 5.41) is 35.1.